The average Bonchev–Trinajstić information content (AvgIpc) is 2.67. The number of carbonyl (C=O) groups is 1. The molecule has 4 heteroatoms. The van der Waals surface area contributed by atoms with Gasteiger partial charge in [0.05, 0.1) is 5.92 Å². The Labute approximate surface area is 100 Å². The lowest BCUT2D eigenvalue weighted by Gasteiger charge is -2.27. The lowest BCUT2D eigenvalue weighted by Crippen LogP contribution is -2.29. The number of fused-ring (bicyclic) bond motifs is 2. The summed E-state index contributed by atoms with van der Waals surface area (Å²) in [5, 5.41) is 9.19. The Balaban J connectivity index is 1.81. The average molecular weight is 232 g/mol. The molecule has 0 radical (unpaired) electrons. The fourth-order valence-electron chi connectivity index (χ4n) is 3.30. The minimum absolute atomic E-state index is 0.141. The second kappa shape index (κ2) is 4.02. The molecule has 4 nitrogen and oxygen atoms in total. The summed E-state index contributed by atoms with van der Waals surface area (Å²) in [4.78, 5) is 17.5. The summed E-state index contributed by atoms with van der Waals surface area (Å²) in [5.41, 5.74) is 1.18. The molecule has 3 rings (SSSR count). The van der Waals surface area contributed by atoms with Gasteiger partial charge in [0.2, 0.25) is 0 Å². The van der Waals surface area contributed by atoms with Gasteiger partial charge in [-0.05, 0) is 37.3 Å². The first-order valence-electron chi connectivity index (χ1n) is 6.15. The van der Waals surface area contributed by atoms with Crippen LogP contribution in [0.1, 0.15) is 19.3 Å². The fourth-order valence-corrected chi connectivity index (χ4v) is 3.30. The van der Waals surface area contributed by atoms with Crippen LogP contribution in [0.25, 0.3) is 0 Å². The zero-order chi connectivity index (χ0) is 11.8. The highest BCUT2D eigenvalue weighted by atomic mass is 16.4. The molecule has 1 aromatic rings. The number of pyridine rings is 1. The largest absolute Gasteiger partial charge is 0.481 e. The summed E-state index contributed by atoms with van der Waals surface area (Å²) in [6, 6.07) is 4.55. The Kier molecular flexibility index (Phi) is 2.50. The van der Waals surface area contributed by atoms with E-state index in [4.69, 9.17) is 0 Å². The minimum Gasteiger partial charge on any atom is -0.481 e. The number of anilines is 1. The van der Waals surface area contributed by atoms with Crippen LogP contribution in [0.5, 0.6) is 0 Å². The van der Waals surface area contributed by atoms with Crippen LogP contribution in [-0.4, -0.2) is 28.6 Å². The summed E-state index contributed by atoms with van der Waals surface area (Å²) in [7, 11) is 0. The predicted molar refractivity (Wildman–Crippen MR) is 63.8 cm³/mol. The number of rotatable bonds is 2. The van der Waals surface area contributed by atoms with E-state index in [-0.39, 0.29) is 5.92 Å². The minimum atomic E-state index is -0.620. The summed E-state index contributed by atoms with van der Waals surface area (Å²) in [6.07, 6.45) is 6.44. The number of carboxylic acid groups (broad SMARTS) is 1. The van der Waals surface area contributed by atoms with Gasteiger partial charge in [0.1, 0.15) is 0 Å². The molecule has 3 unspecified atom stereocenters. The summed E-state index contributed by atoms with van der Waals surface area (Å²) in [6.45, 7) is 0.881. The monoisotopic (exact) mass is 232 g/mol. The van der Waals surface area contributed by atoms with Crippen molar-refractivity contribution in [1.29, 1.82) is 0 Å². The van der Waals surface area contributed by atoms with Crippen LogP contribution >= 0.6 is 0 Å². The molecule has 90 valence electrons. The number of hydrogen-bond donors (Lipinski definition) is 1. The van der Waals surface area contributed by atoms with Crippen molar-refractivity contribution in [3.63, 3.8) is 0 Å². The van der Waals surface area contributed by atoms with Crippen molar-refractivity contribution in [3.05, 3.63) is 24.5 Å². The molecule has 3 atom stereocenters. The normalized spacial score (nSPS) is 31.5. The van der Waals surface area contributed by atoms with E-state index in [0.717, 1.165) is 25.8 Å². The van der Waals surface area contributed by atoms with Gasteiger partial charge < -0.3 is 10.0 Å². The quantitative estimate of drug-likeness (QED) is 0.844. The first-order valence-corrected chi connectivity index (χ1v) is 6.15. The van der Waals surface area contributed by atoms with Crippen molar-refractivity contribution in [2.75, 3.05) is 11.4 Å². The molecule has 0 amide bonds. The summed E-state index contributed by atoms with van der Waals surface area (Å²) < 4.78 is 0. The van der Waals surface area contributed by atoms with Crippen LogP contribution in [0, 0.1) is 11.8 Å². The lowest BCUT2D eigenvalue weighted by atomic mass is 9.80. The van der Waals surface area contributed by atoms with Crippen molar-refractivity contribution < 1.29 is 9.90 Å². The van der Waals surface area contributed by atoms with Crippen molar-refractivity contribution in [2.24, 2.45) is 11.8 Å². The first-order chi connectivity index (χ1) is 8.25. The molecule has 1 aliphatic carbocycles. The molecular formula is C13H16N2O2. The van der Waals surface area contributed by atoms with Gasteiger partial charge in [-0.2, -0.15) is 0 Å². The molecule has 2 fully saturated rings. The highest BCUT2D eigenvalue weighted by molar-refractivity contribution is 5.71. The third-order valence-electron chi connectivity index (χ3n) is 4.14. The molecule has 0 aromatic carbocycles. The molecular weight excluding hydrogens is 216 g/mol. The molecule has 2 aliphatic rings. The molecule has 0 spiro atoms. The van der Waals surface area contributed by atoms with Gasteiger partial charge in [0.15, 0.2) is 0 Å². The van der Waals surface area contributed by atoms with E-state index in [0.29, 0.717) is 12.0 Å². The number of aromatic nitrogens is 1. The smallest absolute Gasteiger partial charge is 0.306 e. The Bertz CT molecular complexity index is 421. The molecule has 1 aromatic heterocycles. The van der Waals surface area contributed by atoms with Gasteiger partial charge in [-0.1, -0.05) is 0 Å². The third-order valence-corrected chi connectivity index (χ3v) is 4.14. The van der Waals surface area contributed by atoms with Gasteiger partial charge in [-0.25, -0.2) is 0 Å². The molecule has 17 heavy (non-hydrogen) atoms. The van der Waals surface area contributed by atoms with Crippen LogP contribution < -0.4 is 4.90 Å². The van der Waals surface area contributed by atoms with Crippen LogP contribution in [0.2, 0.25) is 0 Å². The van der Waals surface area contributed by atoms with Crippen LogP contribution in [0.3, 0.4) is 0 Å². The van der Waals surface area contributed by atoms with Gasteiger partial charge in [0.25, 0.3) is 0 Å². The number of hydrogen-bond acceptors (Lipinski definition) is 3. The second-order valence-electron chi connectivity index (χ2n) is 5.03. The Morgan fingerprint density at radius 3 is 2.82 bits per heavy atom. The van der Waals surface area contributed by atoms with Crippen molar-refractivity contribution in [3.8, 4) is 0 Å². The Morgan fingerprint density at radius 2 is 2.12 bits per heavy atom. The van der Waals surface area contributed by atoms with E-state index in [1.165, 1.54) is 5.69 Å². The Morgan fingerprint density at radius 1 is 1.35 bits per heavy atom. The topological polar surface area (TPSA) is 53.4 Å². The maximum atomic E-state index is 11.2. The van der Waals surface area contributed by atoms with E-state index < -0.39 is 5.97 Å². The van der Waals surface area contributed by atoms with Crippen molar-refractivity contribution in [2.45, 2.75) is 25.3 Å². The van der Waals surface area contributed by atoms with Crippen LogP contribution in [0.4, 0.5) is 5.69 Å². The zero-order valence-corrected chi connectivity index (χ0v) is 9.62. The lowest BCUT2D eigenvalue weighted by molar-refractivity contribution is -0.144. The van der Waals surface area contributed by atoms with E-state index in [1.54, 1.807) is 12.4 Å². The highest BCUT2D eigenvalue weighted by Crippen LogP contribution is 2.41. The van der Waals surface area contributed by atoms with Gasteiger partial charge >= 0.3 is 5.97 Å². The number of nitrogens with zero attached hydrogens (tertiary/aromatic N) is 2. The van der Waals surface area contributed by atoms with Crippen LogP contribution in [0.15, 0.2) is 24.5 Å². The Hall–Kier alpha value is -1.58. The molecule has 1 saturated heterocycles. The third kappa shape index (κ3) is 1.77. The van der Waals surface area contributed by atoms with E-state index >= 15 is 0 Å². The highest BCUT2D eigenvalue weighted by Gasteiger charge is 2.43. The van der Waals surface area contributed by atoms with Crippen molar-refractivity contribution in [1.82, 2.24) is 4.98 Å². The number of aliphatic carboxylic acids is 1. The SMILES string of the molecule is O=C(O)C1CCC2CC1CN2c1ccncc1. The predicted octanol–water partition coefficient (Wildman–Crippen LogP) is 1.77. The molecule has 2 heterocycles. The standard InChI is InChI=1S/C13H16N2O2/c16-13(17)12-2-1-11-7-9(12)8-15(11)10-3-5-14-6-4-10/h3-6,9,11-12H,1-2,7-8H2,(H,16,17). The molecule has 1 aliphatic heterocycles. The van der Waals surface area contributed by atoms with E-state index in [2.05, 4.69) is 9.88 Å². The van der Waals surface area contributed by atoms with Crippen LogP contribution in [-0.2, 0) is 4.79 Å². The van der Waals surface area contributed by atoms with Gasteiger partial charge in [-0.15, -0.1) is 0 Å². The molecule has 2 bridgehead atoms. The maximum Gasteiger partial charge on any atom is 0.306 e. The van der Waals surface area contributed by atoms with E-state index in [9.17, 15) is 9.90 Å². The van der Waals surface area contributed by atoms with E-state index in [1.807, 2.05) is 12.1 Å². The number of carboxylic acids is 1. The fraction of sp³-hybridized carbons (Fsp3) is 0.538. The molecule has 1 saturated carbocycles. The first kappa shape index (κ1) is 10.6. The van der Waals surface area contributed by atoms with Gasteiger partial charge in [0, 0.05) is 30.7 Å². The second-order valence-corrected chi connectivity index (χ2v) is 5.03. The summed E-state index contributed by atoms with van der Waals surface area (Å²) in [5.74, 6) is -0.442. The van der Waals surface area contributed by atoms with Crippen molar-refractivity contribution >= 4 is 11.7 Å². The summed E-state index contributed by atoms with van der Waals surface area (Å²) >= 11 is 0. The molecule has 1 N–H and O–H groups in total. The maximum absolute atomic E-state index is 11.2. The van der Waals surface area contributed by atoms with Gasteiger partial charge in [-0.3, -0.25) is 9.78 Å². The zero-order valence-electron chi connectivity index (χ0n) is 9.62.